The van der Waals surface area contributed by atoms with Crippen LogP contribution in [0.4, 0.5) is 0 Å². The van der Waals surface area contributed by atoms with E-state index in [1.54, 1.807) is 18.2 Å². The number of para-hydroxylation sites is 1. The number of benzene rings is 1. The summed E-state index contributed by atoms with van der Waals surface area (Å²) in [5.41, 5.74) is 0.586. The van der Waals surface area contributed by atoms with Crippen LogP contribution in [0.5, 0.6) is 11.5 Å². The topological polar surface area (TPSA) is 66.2 Å². The van der Waals surface area contributed by atoms with E-state index in [-0.39, 0.29) is 41.9 Å². The Morgan fingerprint density at radius 2 is 1.81 bits per heavy atom. The fourth-order valence-electron chi connectivity index (χ4n) is 0.992. The molecular weight excluding hydrogens is 294 g/mol. The van der Waals surface area contributed by atoms with Crippen molar-refractivity contribution in [3.63, 3.8) is 0 Å². The molecule has 0 unspecified atom stereocenters. The van der Waals surface area contributed by atoms with Crippen molar-refractivity contribution in [3.8, 4) is 11.5 Å². The molecule has 1 aromatic carbocycles. The Bertz CT molecular complexity index is 337. The van der Waals surface area contributed by atoms with Gasteiger partial charge in [0.1, 0.15) is 0 Å². The Hall–Kier alpha value is -0.741. The van der Waals surface area contributed by atoms with Gasteiger partial charge in [-0.1, -0.05) is 6.07 Å². The Morgan fingerprint density at radius 3 is 2.25 bits per heavy atom. The summed E-state index contributed by atoms with van der Waals surface area (Å²) in [4.78, 5) is 0. The van der Waals surface area contributed by atoms with Crippen LogP contribution in [0.1, 0.15) is 5.56 Å². The van der Waals surface area contributed by atoms with Gasteiger partial charge in [0.25, 0.3) is 0 Å². The van der Waals surface area contributed by atoms with E-state index in [1.165, 1.54) is 7.11 Å². The zero-order valence-electron chi connectivity index (χ0n) is 8.34. The summed E-state index contributed by atoms with van der Waals surface area (Å²) in [6.45, 7) is 0. The van der Waals surface area contributed by atoms with Gasteiger partial charge in [-0.2, -0.15) is 0 Å². The van der Waals surface area contributed by atoms with Crippen molar-refractivity contribution in [2.45, 2.75) is 0 Å². The van der Waals surface area contributed by atoms with Crippen LogP contribution in [0.3, 0.4) is 0 Å². The average Bonchev–Trinajstić information content (AvgIpc) is 2.18. The predicted molar refractivity (Wildman–Crippen MR) is 50.3 cm³/mol. The first-order valence-electron chi connectivity index (χ1n) is 3.66. The average molecular weight is 304 g/mol. The third-order valence-electron chi connectivity index (χ3n) is 1.56. The summed E-state index contributed by atoms with van der Waals surface area (Å²) in [7, 11) is 1.51. The van der Waals surface area contributed by atoms with Crippen LogP contribution in [0.25, 0.3) is 0 Å². The zero-order chi connectivity index (χ0) is 9.68. The van der Waals surface area contributed by atoms with E-state index in [0.717, 1.165) is 12.6 Å². The maximum Gasteiger partial charge on any atom is 2.00 e. The standard InChI is InChI=1S/C9H10N2O2.2ClH.Mn/c1-12-8-4-2-3-7(5-10)9(8)13-6-11;;;/h2-6,10-11H,1H3;2*1H;/q;;;+2/p-2. The van der Waals surface area contributed by atoms with E-state index < -0.39 is 0 Å². The molecule has 0 aliphatic carbocycles. The van der Waals surface area contributed by atoms with Gasteiger partial charge in [-0.05, 0) is 12.1 Å². The van der Waals surface area contributed by atoms with E-state index in [1.807, 2.05) is 0 Å². The van der Waals surface area contributed by atoms with Gasteiger partial charge >= 0.3 is 17.1 Å². The number of nitrogens with one attached hydrogen (secondary N) is 2. The van der Waals surface area contributed by atoms with Crippen molar-refractivity contribution in [3.05, 3.63) is 23.8 Å². The molecule has 1 aromatic rings. The van der Waals surface area contributed by atoms with Crippen LogP contribution >= 0.6 is 0 Å². The summed E-state index contributed by atoms with van der Waals surface area (Å²) in [5.74, 6) is 0.916. The second-order valence-electron chi connectivity index (χ2n) is 2.26. The minimum absolute atomic E-state index is 0. The first kappa shape index (κ1) is 20.6. The van der Waals surface area contributed by atoms with E-state index in [4.69, 9.17) is 20.3 Å². The van der Waals surface area contributed by atoms with Crippen molar-refractivity contribution < 1.29 is 51.4 Å². The van der Waals surface area contributed by atoms with Crippen molar-refractivity contribution in [2.75, 3.05) is 7.11 Å². The molecule has 0 spiro atoms. The van der Waals surface area contributed by atoms with Crippen LogP contribution in [0.15, 0.2) is 18.2 Å². The number of methoxy groups -OCH3 is 1. The van der Waals surface area contributed by atoms with Gasteiger partial charge in [0, 0.05) is 11.8 Å². The van der Waals surface area contributed by atoms with Crippen molar-refractivity contribution in [1.82, 2.24) is 0 Å². The van der Waals surface area contributed by atoms with E-state index >= 15 is 0 Å². The van der Waals surface area contributed by atoms with Crippen molar-refractivity contribution in [2.24, 2.45) is 0 Å². The molecule has 0 bridgehead atoms. The molecular formula is C9H10Cl2MnN2O2. The molecule has 0 amide bonds. The van der Waals surface area contributed by atoms with Crippen LogP contribution in [-0.4, -0.2) is 19.7 Å². The monoisotopic (exact) mass is 303 g/mol. The largest absolute Gasteiger partial charge is 2.00 e. The minimum atomic E-state index is 0. The predicted octanol–water partition coefficient (Wildman–Crippen LogP) is -4.32. The first-order valence-corrected chi connectivity index (χ1v) is 3.66. The van der Waals surface area contributed by atoms with E-state index in [2.05, 4.69) is 0 Å². The van der Waals surface area contributed by atoms with Gasteiger partial charge in [0.15, 0.2) is 17.9 Å². The Balaban J connectivity index is -0.000000563. The molecule has 0 saturated heterocycles. The fourth-order valence-corrected chi connectivity index (χ4v) is 0.992. The van der Waals surface area contributed by atoms with Crippen molar-refractivity contribution >= 4 is 12.6 Å². The number of hydrogen-bond acceptors (Lipinski definition) is 4. The van der Waals surface area contributed by atoms with Gasteiger partial charge in [0.05, 0.1) is 7.11 Å². The number of ether oxygens (including phenoxy) is 2. The molecule has 0 aliphatic heterocycles. The fraction of sp³-hybridized carbons (Fsp3) is 0.111. The second kappa shape index (κ2) is 10.8. The van der Waals surface area contributed by atoms with Crippen LogP contribution in [0.2, 0.25) is 0 Å². The summed E-state index contributed by atoms with van der Waals surface area (Å²) >= 11 is 0. The maximum absolute atomic E-state index is 7.10. The summed E-state index contributed by atoms with van der Waals surface area (Å²) < 4.78 is 9.92. The number of hydrogen-bond donors (Lipinski definition) is 2. The molecule has 1 rings (SSSR count). The molecule has 2 N–H and O–H groups in total. The molecule has 0 heterocycles. The molecule has 0 atom stereocenters. The molecule has 0 fully saturated rings. The third-order valence-corrected chi connectivity index (χ3v) is 1.56. The maximum atomic E-state index is 7.10. The molecule has 0 aromatic heterocycles. The Morgan fingerprint density at radius 1 is 1.19 bits per heavy atom. The van der Waals surface area contributed by atoms with Gasteiger partial charge in [0.2, 0.25) is 0 Å². The van der Waals surface area contributed by atoms with E-state index in [0.29, 0.717) is 17.1 Å². The Labute approximate surface area is 117 Å². The number of halogens is 2. The normalized spacial score (nSPS) is 7.31. The first-order chi connectivity index (χ1) is 6.33. The van der Waals surface area contributed by atoms with E-state index in [9.17, 15) is 0 Å². The summed E-state index contributed by atoms with van der Waals surface area (Å²) in [6.07, 6.45) is 1.96. The summed E-state index contributed by atoms with van der Waals surface area (Å²) in [6, 6.07) is 5.19. The molecule has 16 heavy (non-hydrogen) atoms. The van der Waals surface area contributed by atoms with Crippen LogP contribution < -0.4 is 34.3 Å². The quantitative estimate of drug-likeness (QED) is 0.336. The second-order valence-corrected chi connectivity index (χ2v) is 2.26. The van der Waals surface area contributed by atoms with Gasteiger partial charge in [-0.25, -0.2) is 0 Å². The Kier molecular flexibility index (Phi) is 13.9. The van der Waals surface area contributed by atoms with Gasteiger partial charge < -0.3 is 39.7 Å². The van der Waals surface area contributed by atoms with Crippen molar-refractivity contribution in [1.29, 1.82) is 10.8 Å². The minimum Gasteiger partial charge on any atom is -1.00 e. The molecule has 7 heteroatoms. The van der Waals surface area contributed by atoms with Gasteiger partial charge in [-0.15, -0.1) is 0 Å². The van der Waals surface area contributed by atoms with Crippen LogP contribution in [-0.2, 0) is 17.1 Å². The SMILES string of the molecule is COc1cccc(C=N)c1OC=N.[Cl-].[Cl-].[Mn+2]. The molecule has 0 saturated carbocycles. The summed E-state index contributed by atoms with van der Waals surface area (Å²) in [5, 5.41) is 13.9. The smallest absolute Gasteiger partial charge is 1.00 e. The zero-order valence-corrected chi connectivity index (χ0v) is 11.0. The third kappa shape index (κ3) is 4.86. The molecule has 4 nitrogen and oxygen atoms in total. The molecule has 89 valence electrons. The molecule has 1 radical (unpaired) electrons. The van der Waals surface area contributed by atoms with Gasteiger partial charge in [-0.3, -0.25) is 5.41 Å². The number of rotatable bonds is 4. The van der Waals surface area contributed by atoms with Crippen LogP contribution in [0, 0.1) is 10.8 Å². The molecule has 0 aliphatic rings.